The average Bonchev–Trinajstić information content (AvgIpc) is 2.78. The van der Waals surface area contributed by atoms with Crippen LogP contribution < -0.4 is 10.6 Å². The summed E-state index contributed by atoms with van der Waals surface area (Å²) in [5.41, 5.74) is 1.64. The molecule has 0 atom stereocenters. The van der Waals surface area contributed by atoms with E-state index in [9.17, 15) is 14.4 Å². The molecule has 0 unspecified atom stereocenters. The van der Waals surface area contributed by atoms with E-state index in [1.165, 1.54) is 0 Å². The van der Waals surface area contributed by atoms with Crippen molar-refractivity contribution >= 4 is 17.7 Å². The Morgan fingerprint density at radius 2 is 1.34 bits per heavy atom. The molecule has 152 valence electrons. The summed E-state index contributed by atoms with van der Waals surface area (Å²) in [4.78, 5) is 40.3. The first-order chi connectivity index (χ1) is 14.1. The predicted molar refractivity (Wildman–Crippen MR) is 110 cm³/mol. The lowest BCUT2D eigenvalue weighted by atomic mass is 10.2. The molecular weight excluding hydrogens is 368 g/mol. The number of hydrogen-bond acceptors (Lipinski definition) is 4. The molecule has 29 heavy (non-hydrogen) atoms. The van der Waals surface area contributed by atoms with E-state index >= 15 is 0 Å². The van der Waals surface area contributed by atoms with Gasteiger partial charge < -0.3 is 15.5 Å². The van der Waals surface area contributed by atoms with Crippen LogP contribution >= 0.6 is 0 Å². The third kappa shape index (κ3) is 6.15. The molecule has 2 aromatic rings. The molecular formula is C22H26N4O3. The lowest BCUT2D eigenvalue weighted by molar-refractivity contribution is -0.139. The molecule has 0 aromatic heterocycles. The van der Waals surface area contributed by atoms with Crippen molar-refractivity contribution in [2.24, 2.45) is 0 Å². The molecule has 1 aliphatic heterocycles. The van der Waals surface area contributed by atoms with Gasteiger partial charge in [0.1, 0.15) is 0 Å². The number of nitrogens with zero attached hydrogens (tertiary/aromatic N) is 2. The third-order valence-electron chi connectivity index (χ3n) is 4.90. The van der Waals surface area contributed by atoms with Gasteiger partial charge >= 0.3 is 11.8 Å². The van der Waals surface area contributed by atoms with Crippen LogP contribution in [0.25, 0.3) is 0 Å². The number of piperazine rings is 1. The van der Waals surface area contributed by atoms with Gasteiger partial charge in [-0.15, -0.1) is 0 Å². The quantitative estimate of drug-likeness (QED) is 0.713. The minimum Gasteiger partial charge on any atom is -0.347 e. The Labute approximate surface area is 170 Å². The number of carbonyl (C=O) groups is 3. The Hall–Kier alpha value is -3.19. The van der Waals surface area contributed by atoms with Crippen LogP contribution in [0.1, 0.15) is 15.9 Å². The Kier molecular flexibility index (Phi) is 7.35. The fourth-order valence-electron chi connectivity index (χ4n) is 3.20. The molecule has 1 heterocycles. The summed E-state index contributed by atoms with van der Waals surface area (Å²) in [6, 6.07) is 18.7. The van der Waals surface area contributed by atoms with Crippen LogP contribution in [0.5, 0.6) is 0 Å². The highest BCUT2D eigenvalue weighted by Gasteiger charge is 2.22. The molecule has 2 N–H and O–H groups in total. The van der Waals surface area contributed by atoms with E-state index in [-0.39, 0.29) is 5.91 Å². The van der Waals surface area contributed by atoms with Gasteiger partial charge in [0.25, 0.3) is 5.91 Å². The molecule has 0 aliphatic carbocycles. The topological polar surface area (TPSA) is 81.8 Å². The van der Waals surface area contributed by atoms with Crippen molar-refractivity contribution < 1.29 is 14.4 Å². The summed E-state index contributed by atoms with van der Waals surface area (Å²) in [5.74, 6) is -1.21. The molecule has 3 rings (SSSR count). The highest BCUT2D eigenvalue weighted by molar-refractivity contribution is 6.35. The first kappa shape index (κ1) is 20.5. The van der Waals surface area contributed by atoms with Crippen molar-refractivity contribution in [2.45, 2.75) is 6.54 Å². The van der Waals surface area contributed by atoms with Gasteiger partial charge in [-0.1, -0.05) is 48.5 Å². The maximum Gasteiger partial charge on any atom is 0.309 e. The third-order valence-corrected chi connectivity index (χ3v) is 4.90. The van der Waals surface area contributed by atoms with Crippen molar-refractivity contribution in [3.05, 3.63) is 71.8 Å². The number of nitrogens with one attached hydrogen (secondary N) is 2. The van der Waals surface area contributed by atoms with Gasteiger partial charge in [0, 0.05) is 51.4 Å². The Balaban J connectivity index is 1.32. The zero-order valence-corrected chi connectivity index (χ0v) is 16.3. The minimum absolute atomic E-state index is 0.0497. The van der Waals surface area contributed by atoms with E-state index in [2.05, 4.69) is 15.5 Å². The van der Waals surface area contributed by atoms with Crippen LogP contribution in [-0.4, -0.2) is 66.8 Å². The standard InChI is InChI=1S/C22H26N4O3/c27-20(21(28)24-17-18-7-3-1-4-8-18)23-11-12-25-13-15-26(16-14-25)22(29)19-9-5-2-6-10-19/h1-10H,11-17H2,(H,23,27)(H,24,28). The first-order valence-electron chi connectivity index (χ1n) is 9.80. The van der Waals surface area contributed by atoms with Crippen molar-refractivity contribution in [1.82, 2.24) is 20.4 Å². The van der Waals surface area contributed by atoms with Crippen LogP contribution in [-0.2, 0) is 16.1 Å². The van der Waals surface area contributed by atoms with E-state index in [0.717, 1.165) is 18.7 Å². The minimum atomic E-state index is -0.632. The Morgan fingerprint density at radius 1 is 0.759 bits per heavy atom. The monoisotopic (exact) mass is 394 g/mol. The highest BCUT2D eigenvalue weighted by Crippen LogP contribution is 2.08. The van der Waals surface area contributed by atoms with Crippen molar-refractivity contribution in [3.8, 4) is 0 Å². The largest absolute Gasteiger partial charge is 0.347 e. The van der Waals surface area contributed by atoms with Crippen LogP contribution in [0, 0.1) is 0 Å². The molecule has 1 fully saturated rings. The first-order valence-corrected chi connectivity index (χ1v) is 9.80. The second-order valence-corrected chi connectivity index (χ2v) is 6.92. The normalized spacial score (nSPS) is 14.3. The molecule has 1 saturated heterocycles. The molecule has 0 radical (unpaired) electrons. The van der Waals surface area contributed by atoms with Gasteiger partial charge in [0.15, 0.2) is 0 Å². The van der Waals surface area contributed by atoms with Gasteiger partial charge in [0.05, 0.1) is 0 Å². The molecule has 0 bridgehead atoms. The second-order valence-electron chi connectivity index (χ2n) is 6.92. The number of benzene rings is 2. The van der Waals surface area contributed by atoms with Gasteiger partial charge in [-0.25, -0.2) is 0 Å². The number of hydrogen-bond donors (Lipinski definition) is 2. The SMILES string of the molecule is O=C(NCCN1CCN(C(=O)c2ccccc2)CC1)C(=O)NCc1ccccc1. The van der Waals surface area contributed by atoms with Gasteiger partial charge in [0.2, 0.25) is 0 Å². The predicted octanol–water partition coefficient (Wildman–Crippen LogP) is 0.877. The lowest BCUT2D eigenvalue weighted by Gasteiger charge is -2.34. The highest BCUT2D eigenvalue weighted by atomic mass is 16.2. The summed E-state index contributed by atoms with van der Waals surface area (Å²) < 4.78 is 0. The lowest BCUT2D eigenvalue weighted by Crippen LogP contribution is -2.50. The fourth-order valence-corrected chi connectivity index (χ4v) is 3.20. The fraction of sp³-hybridized carbons (Fsp3) is 0.318. The van der Waals surface area contributed by atoms with E-state index < -0.39 is 11.8 Å². The smallest absolute Gasteiger partial charge is 0.309 e. The van der Waals surface area contributed by atoms with Crippen LogP contribution in [0.3, 0.4) is 0 Å². The zero-order chi connectivity index (χ0) is 20.5. The summed E-state index contributed by atoms with van der Waals surface area (Å²) in [6.07, 6.45) is 0. The number of amides is 3. The zero-order valence-electron chi connectivity index (χ0n) is 16.3. The van der Waals surface area contributed by atoms with Crippen molar-refractivity contribution in [2.75, 3.05) is 39.3 Å². The molecule has 1 aliphatic rings. The van der Waals surface area contributed by atoms with E-state index in [1.54, 1.807) is 0 Å². The maximum atomic E-state index is 12.5. The van der Waals surface area contributed by atoms with Gasteiger partial charge in [-0.05, 0) is 17.7 Å². The molecule has 7 nitrogen and oxygen atoms in total. The second kappa shape index (κ2) is 10.4. The van der Waals surface area contributed by atoms with E-state index in [1.807, 2.05) is 65.6 Å². The Bertz CT molecular complexity index is 818. The summed E-state index contributed by atoms with van der Waals surface area (Å²) in [7, 11) is 0. The van der Waals surface area contributed by atoms with Crippen molar-refractivity contribution in [1.29, 1.82) is 0 Å². The van der Waals surface area contributed by atoms with E-state index in [4.69, 9.17) is 0 Å². The molecule has 0 spiro atoms. The molecule has 7 heteroatoms. The summed E-state index contributed by atoms with van der Waals surface area (Å²) >= 11 is 0. The number of carbonyl (C=O) groups excluding carboxylic acids is 3. The summed E-state index contributed by atoms with van der Waals surface area (Å²) in [5, 5.41) is 5.26. The van der Waals surface area contributed by atoms with Crippen molar-refractivity contribution in [3.63, 3.8) is 0 Å². The molecule has 3 amide bonds. The molecule has 0 saturated carbocycles. The molecule has 2 aromatic carbocycles. The van der Waals surface area contributed by atoms with Crippen LogP contribution in [0.4, 0.5) is 0 Å². The summed E-state index contributed by atoms with van der Waals surface area (Å²) in [6.45, 7) is 4.15. The number of rotatable bonds is 6. The van der Waals surface area contributed by atoms with Crippen LogP contribution in [0.2, 0.25) is 0 Å². The van der Waals surface area contributed by atoms with Gasteiger partial charge in [-0.3, -0.25) is 19.3 Å². The van der Waals surface area contributed by atoms with E-state index in [0.29, 0.717) is 38.3 Å². The average molecular weight is 394 g/mol. The maximum absolute atomic E-state index is 12.5. The van der Waals surface area contributed by atoms with Gasteiger partial charge in [-0.2, -0.15) is 0 Å². The Morgan fingerprint density at radius 3 is 2.00 bits per heavy atom. The van der Waals surface area contributed by atoms with Crippen LogP contribution in [0.15, 0.2) is 60.7 Å².